The molecule has 2 nitrogen and oxygen atoms in total. The summed E-state index contributed by atoms with van der Waals surface area (Å²) in [5, 5.41) is 0. The second kappa shape index (κ2) is 14.4. The molecule has 0 heterocycles. The molecular weight excluding hydrogens is 196 g/mol. The van der Waals surface area contributed by atoms with Crippen LogP contribution in [0.15, 0.2) is 9.98 Å². The van der Waals surface area contributed by atoms with Crippen molar-refractivity contribution in [2.24, 2.45) is 9.98 Å². The summed E-state index contributed by atoms with van der Waals surface area (Å²) in [6, 6.07) is 3.59. The fourth-order valence-corrected chi connectivity index (χ4v) is 1.28. The molecule has 0 bridgehead atoms. The molecule has 0 saturated heterocycles. The molecule has 0 rings (SSSR count). The summed E-state index contributed by atoms with van der Waals surface area (Å²) in [5.74, 6) is 0. The molecule has 0 saturated carbocycles. The lowest BCUT2D eigenvalue weighted by Crippen LogP contribution is -1.98. The lowest BCUT2D eigenvalue weighted by Gasteiger charge is -2.01. The third-order valence-electron chi connectivity index (χ3n) is 2.24. The molecule has 0 fully saturated rings. The van der Waals surface area contributed by atoms with Crippen LogP contribution in [0.4, 0.5) is 0 Å². The van der Waals surface area contributed by atoms with Crippen molar-refractivity contribution in [3.63, 3.8) is 0 Å². The molecule has 0 aromatic rings. The Kier molecular flexibility index (Phi) is 16.0. The molecule has 2 unspecified atom stereocenters. The summed E-state index contributed by atoms with van der Waals surface area (Å²) in [6.07, 6.45) is 5.95. The van der Waals surface area contributed by atoms with Crippen LogP contribution in [0.3, 0.4) is 0 Å². The Balaban J connectivity index is 0. The number of aliphatic imine (C=N–C) groups is 2. The van der Waals surface area contributed by atoms with Gasteiger partial charge in [0, 0.05) is 0 Å². The van der Waals surface area contributed by atoms with E-state index in [0.29, 0.717) is 12.1 Å². The van der Waals surface area contributed by atoms with E-state index in [1.807, 2.05) is 13.8 Å². The Bertz CT molecular complexity index is 181. The van der Waals surface area contributed by atoms with Gasteiger partial charge in [0.1, 0.15) is 0 Å². The van der Waals surface area contributed by atoms with Crippen LogP contribution < -0.4 is 0 Å². The fourth-order valence-electron chi connectivity index (χ4n) is 1.28. The van der Waals surface area contributed by atoms with E-state index >= 15 is 0 Å². The lowest BCUT2D eigenvalue weighted by atomic mass is 10.1. The highest BCUT2D eigenvalue weighted by atomic mass is 14.8. The second-order valence-electron chi connectivity index (χ2n) is 3.99. The molecule has 2 atom stereocenters. The smallest absolute Gasteiger partial charge is 0.0898 e. The van der Waals surface area contributed by atoms with E-state index in [2.05, 4.69) is 43.7 Å². The second-order valence-corrected chi connectivity index (χ2v) is 3.99. The third-order valence-corrected chi connectivity index (χ3v) is 2.24. The first-order chi connectivity index (χ1) is 7.70. The molecule has 0 spiro atoms. The molecule has 0 radical (unpaired) electrons. The predicted molar refractivity (Wildman–Crippen MR) is 74.6 cm³/mol. The standard InChI is InChI=1S/C12H24N2.C2H6/c1-5-7-9-12(4)14-10-13-11(3)8-6-2;1-2/h11-12H,5-9H2,1-4H3;1-2H3. The summed E-state index contributed by atoms with van der Waals surface area (Å²) in [6.45, 7) is 12.6. The Morgan fingerprint density at radius 1 is 0.875 bits per heavy atom. The molecule has 0 aliphatic heterocycles. The third kappa shape index (κ3) is 13.4. The molecule has 0 N–H and O–H groups in total. The first-order valence-corrected chi connectivity index (χ1v) is 6.85. The largest absolute Gasteiger partial charge is 0.223 e. The summed E-state index contributed by atoms with van der Waals surface area (Å²) in [7, 11) is 0. The van der Waals surface area contributed by atoms with Gasteiger partial charge in [-0.15, -0.1) is 0 Å². The van der Waals surface area contributed by atoms with Gasteiger partial charge in [0.05, 0.1) is 18.1 Å². The predicted octanol–water partition coefficient (Wildman–Crippen LogP) is 4.95. The average Bonchev–Trinajstić information content (AvgIpc) is 2.29. The van der Waals surface area contributed by atoms with Gasteiger partial charge in [0.25, 0.3) is 0 Å². The normalized spacial score (nSPS) is 12.9. The summed E-state index contributed by atoms with van der Waals surface area (Å²) >= 11 is 0. The SMILES string of the molecule is CC.CCCCC(C)N=C=NC(C)CCC. The monoisotopic (exact) mass is 226 g/mol. The van der Waals surface area contributed by atoms with Crippen LogP contribution in [0.1, 0.15) is 73.6 Å². The van der Waals surface area contributed by atoms with Gasteiger partial charge in [-0.25, -0.2) is 9.98 Å². The maximum absolute atomic E-state index is 4.27. The van der Waals surface area contributed by atoms with Crippen molar-refractivity contribution < 1.29 is 0 Å². The molecule has 16 heavy (non-hydrogen) atoms. The minimum atomic E-state index is 0.377. The van der Waals surface area contributed by atoms with Crippen LogP contribution in [0.5, 0.6) is 0 Å². The van der Waals surface area contributed by atoms with Crippen LogP contribution in [-0.4, -0.2) is 18.1 Å². The zero-order valence-corrected chi connectivity index (χ0v) is 12.1. The maximum Gasteiger partial charge on any atom is 0.0898 e. The van der Waals surface area contributed by atoms with Gasteiger partial charge in [0.2, 0.25) is 0 Å². The Labute approximate surface area is 102 Å². The average molecular weight is 226 g/mol. The highest BCUT2D eigenvalue weighted by molar-refractivity contribution is 5.41. The van der Waals surface area contributed by atoms with Crippen molar-refractivity contribution >= 4 is 6.01 Å². The van der Waals surface area contributed by atoms with Gasteiger partial charge in [0.15, 0.2) is 0 Å². The summed E-state index contributed by atoms with van der Waals surface area (Å²) in [4.78, 5) is 8.51. The minimum Gasteiger partial charge on any atom is -0.223 e. The van der Waals surface area contributed by atoms with E-state index in [0.717, 1.165) is 12.8 Å². The summed E-state index contributed by atoms with van der Waals surface area (Å²) in [5.41, 5.74) is 0. The van der Waals surface area contributed by atoms with Gasteiger partial charge >= 0.3 is 0 Å². The van der Waals surface area contributed by atoms with Crippen molar-refractivity contribution in [3.8, 4) is 0 Å². The van der Waals surface area contributed by atoms with E-state index in [4.69, 9.17) is 0 Å². The van der Waals surface area contributed by atoms with Crippen molar-refractivity contribution in [2.45, 2.75) is 85.7 Å². The zero-order valence-electron chi connectivity index (χ0n) is 12.1. The van der Waals surface area contributed by atoms with Crippen molar-refractivity contribution in [1.82, 2.24) is 0 Å². The van der Waals surface area contributed by atoms with Crippen LogP contribution in [0, 0.1) is 0 Å². The molecule has 2 heteroatoms. The van der Waals surface area contributed by atoms with Crippen molar-refractivity contribution in [1.29, 1.82) is 0 Å². The number of hydrogen-bond donors (Lipinski definition) is 0. The lowest BCUT2D eigenvalue weighted by molar-refractivity contribution is 0.617. The highest BCUT2D eigenvalue weighted by Crippen LogP contribution is 2.03. The van der Waals surface area contributed by atoms with Crippen LogP contribution in [0.2, 0.25) is 0 Å². The van der Waals surface area contributed by atoms with Gasteiger partial charge in [-0.2, -0.15) is 0 Å². The molecule has 0 aromatic carbocycles. The van der Waals surface area contributed by atoms with Crippen molar-refractivity contribution in [2.75, 3.05) is 0 Å². The van der Waals surface area contributed by atoms with Gasteiger partial charge in [-0.05, 0) is 26.7 Å². The number of unbranched alkanes of at least 4 members (excludes halogenated alkanes) is 1. The molecule has 96 valence electrons. The van der Waals surface area contributed by atoms with Gasteiger partial charge in [-0.1, -0.05) is 47.0 Å². The quantitative estimate of drug-likeness (QED) is 0.548. The zero-order chi connectivity index (χ0) is 12.8. The molecule has 0 aliphatic rings. The van der Waals surface area contributed by atoms with Gasteiger partial charge < -0.3 is 0 Å². The van der Waals surface area contributed by atoms with E-state index in [-0.39, 0.29) is 0 Å². The van der Waals surface area contributed by atoms with Gasteiger partial charge in [-0.3, -0.25) is 0 Å². The molecule has 0 aromatic heterocycles. The number of nitrogens with zero attached hydrogens (tertiary/aromatic N) is 2. The number of hydrogen-bond acceptors (Lipinski definition) is 2. The van der Waals surface area contributed by atoms with Crippen molar-refractivity contribution in [3.05, 3.63) is 0 Å². The Morgan fingerprint density at radius 2 is 1.38 bits per heavy atom. The number of rotatable bonds is 7. The molecule has 0 amide bonds. The Morgan fingerprint density at radius 3 is 1.81 bits per heavy atom. The summed E-state index contributed by atoms with van der Waals surface area (Å²) < 4.78 is 0. The first-order valence-electron chi connectivity index (χ1n) is 6.85. The van der Waals surface area contributed by atoms with E-state index in [9.17, 15) is 0 Å². The van der Waals surface area contributed by atoms with E-state index < -0.39 is 0 Å². The first kappa shape index (κ1) is 17.8. The van der Waals surface area contributed by atoms with Crippen LogP contribution >= 0.6 is 0 Å². The maximum atomic E-state index is 4.27. The molecular formula is C14H30N2. The van der Waals surface area contributed by atoms with Crippen LogP contribution in [-0.2, 0) is 0 Å². The van der Waals surface area contributed by atoms with Crippen LogP contribution in [0.25, 0.3) is 0 Å². The highest BCUT2D eigenvalue weighted by Gasteiger charge is 1.96. The fraction of sp³-hybridized carbons (Fsp3) is 0.929. The Hall–Kier alpha value is -0.620. The molecule has 0 aliphatic carbocycles. The van der Waals surface area contributed by atoms with E-state index in [1.54, 1.807) is 0 Å². The minimum absolute atomic E-state index is 0.377. The topological polar surface area (TPSA) is 24.7 Å². The van der Waals surface area contributed by atoms with E-state index in [1.165, 1.54) is 19.3 Å².